The first kappa shape index (κ1) is 17.3. The molecule has 3 heterocycles. The van der Waals surface area contributed by atoms with Crippen molar-refractivity contribution < 1.29 is 4.79 Å². The van der Waals surface area contributed by atoms with Gasteiger partial charge in [-0.25, -0.2) is 14.6 Å². The Morgan fingerprint density at radius 3 is 2.88 bits per heavy atom. The van der Waals surface area contributed by atoms with Gasteiger partial charge < -0.3 is 10.2 Å². The molecule has 130 valence electrons. The van der Waals surface area contributed by atoms with Gasteiger partial charge in [0.1, 0.15) is 11.7 Å². The number of nitrogens with zero attached hydrogens (tertiary/aromatic N) is 5. The fourth-order valence-corrected chi connectivity index (χ4v) is 3.45. The topological polar surface area (TPSA) is 75.9 Å². The first-order valence-electron chi connectivity index (χ1n) is 8.17. The molecule has 2 aromatic rings. The highest BCUT2D eigenvalue weighted by Crippen LogP contribution is 2.29. The maximum Gasteiger partial charge on any atom is 0.234 e. The summed E-state index contributed by atoms with van der Waals surface area (Å²) in [6.45, 7) is 5.17. The van der Waals surface area contributed by atoms with Gasteiger partial charge in [-0.2, -0.15) is 5.10 Å². The molecule has 1 saturated heterocycles. The minimum absolute atomic E-state index is 0.0293. The third-order valence-corrected chi connectivity index (χ3v) is 4.87. The molecule has 0 aromatic carbocycles. The van der Waals surface area contributed by atoms with Crippen LogP contribution < -0.4 is 10.2 Å². The molecule has 0 spiro atoms. The zero-order valence-corrected chi connectivity index (χ0v) is 15.2. The Morgan fingerprint density at radius 2 is 2.17 bits per heavy atom. The van der Waals surface area contributed by atoms with E-state index < -0.39 is 0 Å². The summed E-state index contributed by atoms with van der Waals surface area (Å²) in [5.74, 6) is 1.69. The average Bonchev–Trinajstić information content (AvgIpc) is 3.24. The predicted octanol–water partition coefficient (Wildman–Crippen LogP) is 1.89. The van der Waals surface area contributed by atoms with Crippen molar-refractivity contribution in [2.45, 2.75) is 31.5 Å². The summed E-state index contributed by atoms with van der Waals surface area (Å²) in [6, 6.07) is 0. The van der Waals surface area contributed by atoms with Crippen LogP contribution in [0.5, 0.6) is 0 Å². The van der Waals surface area contributed by atoms with Crippen molar-refractivity contribution in [1.29, 1.82) is 0 Å². The molecule has 0 bridgehead atoms. The number of thioether (sulfide) groups is 1. The highest BCUT2D eigenvalue weighted by Gasteiger charge is 2.20. The molecule has 1 amide bonds. The van der Waals surface area contributed by atoms with Gasteiger partial charge in [-0.05, 0) is 18.6 Å². The van der Waals surface area contributed by atoms with Crippen molar-refractivity contribution in [3.8, 4) is 0 Å². The Hall–Kier alpha value is -1.54. The van der Waals surface area contributed by atoms with Gasteiger partial charge in [0.2, 0.25) is 5.91 Å². The molecule has 1 aliphatic rings. The van der Waals surface area contributed by atoms with Gasteiger partial charge in [0, 0.05) is 19.6 Å². The molecule has 1 fully saturated rings. The SMILES string of the molecule is CCSc1nc(N2CCCC2)c2cnn(CCNC(=O)CCl)c2n1. The third-order valence-electron chi connectivity index (χ3n) is 3.90. The average molecular weight is 369 g/mol. The minimum atomic E-state index is -0.178. The summed E-state index contributed by atoms with van der Waals surface area (Å²) in [7, 11) is 0. The molecule has 3 rings (SSSR count). The second-order valence-corrected chi connectivity index (χ2v) is 7.04. The van der Waals surface area contributed by atoms with Crippen molar-refractivity contribution in [2.75, 3.05) is 36.2 Å². The molecule has 24 heavy (non-hydrogen) atoms. The Balaban J connectivity index is 1.89. The van der Waals surface area contributed by atoms with E-state index in [9.17, 15) is 4.79 Å². The smallest absolute Gasteiger partial charge is 0.234 e. The molecule has 0 unspecified atom stereocenters. The molecule has 9 heteroatoms. The van der Waals surface area contributed by atoms with Gasteiger partial charge in [0.25, 0.3) is 0 Å². The first-order chi connectivity index (χ1) is 11.7. The number of aromatic nitrogens is 4. The number of amides is 1. The van der Waals surface area contributed by atoms with Crippen LogP contribution in [0.3, 0.4) is 0 Å². The van der Waals surface area contributed by atoms with Crippen molar-refractivity contribution in [3.63, 3.8) is 0 Å². The lowest BCUT2D eigenvalue weighted by Crippen LogP contribution is -2.28. The van der Waals surface area contributed by atoms with Gasteiger partial charge in [-0.3, -0.25) is 4.79 Å². The molecule has 0 atom stereocenters. The Kier molecular flexibility index (Phi) is 5.78. The number of carbonyl (C=O) groups is 1. The van der Waals surface area contributed by atoms with Gasteiger partial charge in [0.15, 0.2) is 10.8 Å². The van der Waals surface area contributed by atoms with E-state index in [1.807, 2.05) is 10.9 Å². The van der Waals surface area contributed by atoms with E-state index in [1.54, 1.807) is 11.8 Å². The molecule has 2 aromatic heterocycles. The van der Waals surface area contributed by atoms with Crippen molar-refractivity contribution >= 4 is 46.1 Å². The summed E-state index contributed by atoms with van der Waals surface area (Å²) in [6.07, 6.45) is 4.22. The quantitative estimate of drug-likeness (QED) is 0.457. The van der Waals surface area contributed by atoms with Gasteiger partial charge in [0.05, 0.1) is 18.1 Å². The molecule has 0 aliphatic carbocycles. The number of hydrogen-bond acceptors (Lipinski definition) is 6. The second-order valence-electron chi connectivity index (χ2n) is 5.55. The summed E-state index contributed by atoms with van der Waals surface area (Å²) < 4.78 is 1.82. The number of hydrogen-bond donors (Lipinski definition) is 1. The van der Waals surface area contributed by atoms with E-state index in [1.165, 1.54) is 12.8 Å². The zero-order valence-electron chi connectivity index (χ0n) is 13.7. The largest absolute Gasteiger partial charge is 0.356 e. The molecule has 0 saturated carbocycles. The fourth-order valence-electron chi connectivity index (χ4n) is 2.80. The van der Waals surface area contributed by atoms with Gasteiger partial charge in [-0.15, -0.1) is 11.6 Å². The van der Waals surface area contributed by atoms with Crippen LogP contribution in [0.15, 0.2) is 11.4 Å². The Labute approximate surface area is 150 Å². The van der Waals surface area contributed by atoms with Crippen LogP contribution in [0.4, 0.5) is 5.82 Å². The van der Waals surface area contributed by atoms with E-state index in [4.69, 9.17) is 16.6 Å². The molecule has 0 radical (unpaired) electrons. The minimum Gasteiger partial charge on any atom is -0.356 e. The lowest BCUT2D eigenvalue weighted by molar-refractivity contribution is -0.118. The van der Waals surface area contributed by atoms with Gasteiger partial charge >= 0.3 is 0 Å². The second kappa shape index (κ2) is 8.02. The fraction of sp³-hybridized carbons (Fsp3) is 0.600. The maximum absolute atomic E-state index is 11.3. The maximum atomic E-state index is 11.3. The highest BCUT2D eigenvalue weighted by atomic mass is 35.5. The zero-order chi connectivity index (χ0) is 16.9. The lowest BCUT2D eigenvalue weighted by Gasteiger charge is -2.17. The molecular weight excluding hydrogens is 348 g/mol. The van der Waals surface area contributed by atoms with Crippen molar-refractivity contribution in [1.82, 2.24) is 25.1 Å². The third kappa shape index (κ3) is 3.75. The summed E-state index contributed by atoms with van der Waals surface area (Å²) in [5.41, 5.74) is 0.822. The van der Waals surface area contributed by atoms with E-state index in [0.29, 0.717) is 13.1 Å². The van der Waals surface area contributed by atoms with Crippen LogP contribution >= 0.6 is 23.4 Å². The van der Waals surface area contributed by atoms with Crippen LogP contribution in [-0.4, -0.2) is 56.9 Å². The number of halogens is 1. The Morgan fingerprint density at radius 1 is 1.38 bits per heavy atom. The van der Waals surface area contributed by atoms with Crippen LogP contribution in [0, 0.1) is 0 Å². The van der Waals surface area contributed by atoms with Crippen molar-refractivity contribution in [2.24, 2.45) is 0 Å². The molecule has 1 N–H and O–H groups in total. The van der Waals surface area contributed by atoms with E-state index in [-0.39, 0.29) is 11.8 Å². The highest BCUT2D eigenvalue weighted by molar-refractivity contribution is 7.99. The number of carbonyl (C=O) groups excluding carboxylic acids is 1. The number of alkyl halides is 1. The molecule has 7 nitrogen and oxygen atoms in total. The van der Waals surface area contributed by atoms with Crippen LogP contribution in [0.1, 0.15) is 19.8 Å². The number of fused-ring (bicyclic) bond motifs is 1. The summed E-state index contributed by atoms with van der Waals surface area (Å²) >= 11 is 7.12. The standard InChI is InChI=1S/C15H21ClN6OS/c1-2-24-15-19-13(21-6-3-4-7-21)11-10-18-22(14(11)20-15)8-5-17-12(23)9-16/h10H,2-9H2,1H3,(H,17,23). The van der Waals surface area contributed by atoms with Crippen LogP contribution in [0.25, 0.3) is 11.0 Å². The number of nitrogens with one attached hydrogen (secondary N) is 1. The monoisotopic (exact) mass is 368 g/mol. The van der Waals surface area contributed by atoms with E-state index in [0.717, 1.165) is 40.9 Å². The van der Waals surface area contributed by atoms with Gasteiger partial charge in [-0.1, -0.05) is 18.7 Å². The Bertz CT molecular complexity index is 715. The number of rotatable bonds is 7. The number of anilines is 1. The molecular formula is C15H21ClN6OS. The summed E-state index contributed by atoms with van der Waals surface area (Å²) in [4.78, 5) is 23.0. The van der Waals surface area contributed by atoms with Crippen molar-refractivity contribution in [3.05, 3.63) is 6.20 Å². The van der Waals surface area contributed by atoms with Crippen LogP contribution in [0.2, 0.25) is 0 Å². The first-order valence-corrected chi connectivity index (χ1v) is 9.69. The van der Waals surface area contributed by atoms with E-state index >= 15 is 0 Å². The summed E-state index contributed by atoms with van der Waals surface area (Å²) in [5, 5.41) is 8.95. The molecule has 1 aliphatic heterocycles. The lowest BCUT2D eigenvalue weighted by atomic mass is 10.3. The normalized spacial score (nSPS) is 14.5. The van der Waals surface area contributed by atoms with E-state index in [2.05, 4.69) is 27.2 Å². The predicted molar refractivity (Wildman–Crippen MR) is 96.9 cm³/mol. The van der Waals surface area contributed by atoms with Crippen LogP contribution in [-0.2, 0) is 11.3 Å².